The van der Waals surface area contributed by atoms with Crippen LogP contribution in [0, 0.1) is 0 Å². The first-order chi connectivity index (χ1) is 16.2. The largest absolute Gasteiger partial charge is 0.426 e. The van der Waals surface area contributed by atoms with E-state index in [1.54, 1.807) is 31.3 Å². The van der Waals surface area contributed by atoms with Crippen LogP contribution in [-0.2, 0) is 10.3 Å². The Balaban J connectivity index is 1.59. The number of hydrogen-bond acceptors (Lipinski definition) is 5. The van der Waals surface area contributed by atoms with E-state index in [1.807, 2.05) is 44.2 Å². The number of nitrogens with one attached hydrogen (secondary N) is 3. The summed E-state index contributed by atoms with van der Waals surface area (Å²) in [5, 5.41) is 5.94. The van der Waals surface area contributed by atoms with E-state index in [-0.39, 0.29) is 17.8 Å². The number of aromatic amines is 1. The predicted octanol–water partition coefficient (Wildman–Crippen LogP) is 4.80. The number of ether oxygens (including phenoxy) is 1. The van der Waals surface area contributed by atoms with Crippen molar-refractivity contribution in [3.05, 3.63) is 70.7 Å². The van der Waals surface area contributed by atoms with Crippen molar-refractivity contribution >= 4 is 34.6 Å². The number of benzene rings is 2. The second-order valence-corrected chi connectivity index (χ2v) is 8.73. The average molecular weight is 478 g/mol. The molecule has 0 radical (unpaired) electrons. The minimum absolute atomic E-state index is 0.0986. The molecule has 2 amide bonds. The molecule has 0 aliphatic rings. The summed E-state index contributed by atoms with van der Waals surface area (Å²) in [5.74, 6) is 0.283. The zero-order chi connectivity index (χ0) is 24.5. The van der Waals surface area contributed by atoms with Gasteiger partial charge in [0.05, 0.1) is 21.8 Å². The third-order valence-electron chi connectivity index (χ3n) is 5.31. The van der Waals surface area contributed by atoms with Crippen LogP contribution < -0.4 is 15.4 Å². The van der Waals surface area contributed by atoms with Crippen molar-refractivity contribution in [2.45, 2.75) is 26.3 Å². The maximum atomic E-state index is 12.0. The Morgan fingerprint density at radius 2 is 1.79 bits per heavy atom. The lowest BCUT2D eigenvalue weighted by Gasteiger charge is -2.26. The lowest BCUT2D eigenvalue weighted by molar-refractivity contribution is -0.120. The van der Waals surface area contributed by atoms with Crippen molar-refractivity contribution in [3.63, 3.8) is 0 Å². The molecule has 0 fully saturated rings. The third-order valence-corrected chi connectivity index (χ3v) is 5.60. The van der Waals surface area contributed by atoms with Crippen molar-refractivity contribution in [1.82, 2.24) is 25.6 Å². The molecular weight excluding hydrogens is 454 g/mol. The summed E-state index contributed by atoms with van der Waals surface area (Å²) in [6.07, 6.45) is 0. The molecule has 0 spiro atoms. The Morgan fingerprint density at radius 3 is 2.47 bits per heavy atom. The zero-order valence-electron chi connectivity index (χ0n) is 19.2. The quantitative estimate of drug-likeness (QED) is 0.369. The van der Waals surface area contributed by atoms with Gasteiger partial charge in [-0.25, -0.2) is 4.98 Å². The fourth-order valence-corrected chi connectivity index (χ4v) is 3.92. The molecule has 0 aliphatic heterocycles. The highest BCUT2D eigenvalue weighted by atomic mass is 35.5. The van der Waals surface area contributed by atoms with E-state index in [4.69, 9.17) is 16.3 Å². The summed E-state index contributed by atoms with van der Waals surface area (Å²) in [6, 6.07) is 16.4. The second-order valence-electron chi connectivity index (χ2n) is 8.32. The van der Waals surface area contributed by atoms with Crippen LogP contribution >= 0.6 is 11.6 Å². The van der Waals surface area contributed by atoms with E-state index in [1.165, 1.54) is 6.92 Å². The van der Waals surface area contributed by atoms with Gasteiger partial charge in [0, 0.05) is 25.1 Å². The number of amides is 2. The fraction of sp³-hybridized carbons (Fsp3) is 0.200. The topological polar surface area (TPSA) is 109 Å². The van der Waals surface area contributed by atoms with Crippen LogP contribution in [0.25, 0.3) is 22.4 Å². The van der Waals surface area contributed by atoms with Crippen LogP contribution in [0.1, 0.15) is 36.7 Å². The van der Waals surface area contributed by atoms with Crippen molar-refractivity contribution in [1.29, 1.82) is 0 Å². The SMILES string of the molecule is CNC(=O)c1cccc(-c2nc3nc(Oc4ccc(C(C)(C)NC(C)=O)cc4)[nH]c3cc2Cl)c1. The van der Waals surface area contributed by atoms with Gasteiger partial charge >= 0.3 is 6.01 Å². The average Bonchev–Trinajstić information content (AvgIpc) is 3.18. The molecule has 2 aromatic carbocycles. The van der Waals surface area contributed by atoms with E-state index in [9.17, 15) is 9.59 Å². The minimum atomic E-state index is -0.504. The highest BCUT2D eigenvalue weighted by Gasteiger charge is 2.21. The third kappa shape index (κ3) is 4.87. The molecule has 0 aliphatic carbocycles. The number of halogens is 1. The molecular formula is C25H24ClN5O3. The molecule has 0 unspecified atom stereocenters. The molecule has 0 atom stereocenters. The Labute approximate surface area is 201 Å². The number of imidazole rings is 1. The number of carbonyl (C=O) groups is 2. The fourth-order valence-electron chi connectivity index (χ4n) is 3.66. The summed E-state index contributed by atoms with van der Waals surface area (Å²) in [4.78, 5) is 35.5. The smallest absolute Gasteiger partial charge is 0.301 e. The van der Waals surface area contributed by atoms with Crippen LogP contribution in [0.15, 0.2) is 54.6 Å². The number of H-pyrrole nitrogens is 1. The molecule has 0 saturated heterocycles. The van der Waals surface area contributed by atoms with Crippen LogP contribution in [0.4, 0.5) is 0 Å². The maximum absolute atomic E-state index is 12.0. The summed E-state index contributed by atoms with van der Waals surface area (Å²) in [6.45, 7) is 5.35. The summed E-state index contributed by atoms with van der Waals surface area (Å²) in [7, 11) is 1.58. The zero-order valence-corrected chi connectivity index (χ0v) is 19.9. The number of rotatable bonds is 6. The van der Waals surface area contributed by atoms with Crippen LogP contribution in [0.5, 0.6) is 11.8 Å². The van der Waals surface area contributed by atoms with Gasteiger partial charge in [-0.15, -0.1) is 0 Å². The second kappa shape index (κ2) is 9.15. The maximum Gasteiger partial charge on any atom is 0.301 e. The van der Waals surface area contributed by atoms with Crippen LogP contribution in [-0.4, -0.2) is 33.8 Å². The van der Waals surface area contributed by atoms with Crippen LogP contribution in [0.3, 0.4) is 0 Å². The summed E-state index contributed by atoms with van der Waals surface area (Å²) in [5.41, 5.74) is 3.22. The number of aromatic nitrogens is 3. The summed E-state index contributed by atoms with van der Waals surface area (Å²) < 4.78 is 5.87. The lowest BCUT2D eigenvalue weighted by atomic mass is 9.94. The Morgan fingerprint density at radius 1 is 1.06 bits per heavy atom. The first-order valence-corrected chi connectivity index (χ1v) is 11.0. The molecule has 8 nitrogen and oxygen atoms in total. The van der Waals surface area contributed by atoms with Gasteiger partial charge in [-0.3, -0.25) is 9.59 Å². The van der Waals surface area contributed by atoms with E-state index in [0.29, 0.717) is 38.8 Å². The van der Waals surface area contributed by atoms with Gasteiger partial charge in [-0.05, 0) is 49.7 Å². The van der Waals surface area contributed by atoms with Gasteiger partial charge in [0.15, 0.2) is 5.65 Å². The predicted molar refractivity (Wildman–Crippen MR) is 131 cm³/mol. The van der Waals surface area contributed by atoms with Gasteiger partial charge in [0.2, 0.25) is 5.91 Å². The number of pyridine rings is 1. The molecule has 34 heavy (non-hydrogen) atoms. The number of nitrogens with zero attached hydrogens (tertiary/aromatic N) is 2. The van der Waals surface area contributed by atoms with Gasteiger partial charge in [-0.1, -0.05) is 35.9 Å². The molecule has 2 aromatic heterocycles. The van der Waals surface area contributed by atoms with Crippen molar-refractivity contribution in [2.24, 2.45) is 0 Å². The van der Waals surface area contributed by atoms with E-state index >= 15 is 0 Å². The van der Waals surface area contributed by atoms with E-state index in [0.717, 1.165) is 5.56 Å². The number of fused-ring (bicyclic) bond motifs is 1. The standard InChI is InChI=1S/C25H24ClN5O3/c1-14(32)31-25(2,3)17-8-10-18(11-9-17)34-24-28-20-13-19(26)21(29-22(20)30-24)15-6-5-7-16(12-15)23(33)27-4/h5-13H,1-4H3,(H,27,33)(H,31,32)(H,28,29,30). The Kier molecular flexibility index (Phi) is 6.26. The first kappa shape index (κ1) is 23.3. The lowest BCUT2D eigenvalue weighted by Crippen LogP contribution is -2.39. The molecule has 4 rings (SSSR count). The number of hydrogen-bond donors (Lipinski definition) is 3. The van der Waals surface area contributed by atoms with Gasteiger partial charge in [-0.2, -0.15) is 4.98 Å². The van der Waals surface area contributed by atoms with Gasteiger partial charge in [0.1, 0.15) is 5.75 Å². The highest BCUT2D eigenvalue weighted by molar-refractivity contribution is 6.33. The molecule has 4 aromatic rings. The van der Waals surface area contributed by atoms with Crippen molar-refractivity contribution in [3.8, 4) is 23.0 Å². The minimum Gasteiger partial charge on any atom is -0.426 e. The highest BCUT2D eigenvalue weighted by Crippen LogP contribution is 2.31. The molecule has 3 N–H and O–H groups in total. The van der Waals surface area contributed by atoms with Gasteiger partial charge in [0.25, 0.3) is 5.91 Å². The Bertz CT molecular complexity index is 1380. The van der Waals surface area contributed by atoms with E-state index in [2.05, 4.69) is 25.6 Å². The van der Waals surface area contributed by atoms with E-state index < -0.39 is 5.54 Å². The number of carbonyl (C=O) groups excluding carboxylic acids is 2. The van der Waals surface area contributed by atoms with Crippen LogP contribution in [0.2, 0.25) is 5.02 Å². The molecule has 174 valence electrons. The molecule has 0 bridgehead atoms. The first-order valence-electron chi connectivity index (χ1n) is 10.6. The normalized spacial score (nSPS) is 11.3. The molecule has 2 heterocycles. The molecule has 0 saturated carbocycles. The monoisotopic (exact) mass is 477 g/mol. The summed E-state index contributed by atoms with van der Waals surface area (Å²) >= 11 is 6.49. The Hall–Kier alpha value is -3.91. The van der Waals surface area contributed by atoms with Crippen molar-refractivity contribution < 1.29 is 14.3 Å². The van der Waals surface area contributed by atoms with Crippen molar-refractivity contribution in [2.75, 3.05) is 7.05 Å². The molecule has 9 heteroatoms. The van der Waals surface area contributed by atoms with Gasteiger partial charge < -0.3 is 20.4 Å².